The minimum atomic E-state index is -0.350. The van der Waals surface area contributed by atoms with Crippen LogP contribution in [0.15, 0.2) is 42.5 Å². The standard InChI is InChI=1S/C16H20N2O3/c1-20-16(19)15-9-8-13(18-15)12-17-10-5-11-21-14-6-3-2-4-7-14/h2-4,6-9,17-18H,5,10-12H2,1H3. The average molecular weight is 288 g/mol. The highest BCUT2D eigenvalue weighted by Gasteiger charge is 2.07. The van der Waals surface area contributed by atoms with Gasteiger partial charge in [-0.05, 0) is 37.2 Å². The summed E-state index contributed by atoms with van der Waals surface area (Å²) >= 11 is 0. The van der Waals surface area contributed by atoms with Gasteiger partial charge in [0.05, 0.1) is 13.7 Å². The Labute approximate surface area is 124 Å². The second kappa shape index (κ2) is 8.11. The molecule has 1 aromatic carbocycles. The number of H-pyrrole nitrogens is 1. The molecule has 112 valence electrons. The van der Waals surface area contributed by atoms with E-state index in [-0.39, 0.29) is 5.97 Å². The second-order valence-electron chi connectivity index (χ2n) is 4.58. The maximum atomic E-state index is 11.3. The molecule has 0 bridgehead atoms. The van der Waals surface area contributed by atoms with Gasteiger partial charge >= 0.3 is 5.97 Å². The normalized spacial score (nSPS) is 10.3. The van der Waals surface area contributed by atoms with E-state index >= 15 is 0 Å². The minimum absolute atomic E-state index is 0.350. The first-order valence-corrected chi connectivity index (χ1v) is 6.94. The van der Waals surface area contributed by atoms with E-state index in [1.165, 1.54) is 7.11 Å². The number of hydrogen-bond acceptors (Lipinski definition) is 4. The van der Waals surface area contributed by atoms with Gasteiger partial charge in [-0.1, -0.05) is 18.2 Å². The third-order valence-electron chi connectivity index (χ3n) is 2.98. The summed E-state index contributed by atoms with van der Waals surface area (Å²) in [6, 6.07) is 13.4. The molecule has 0 saturated heterocycles. The van der Waals surface area contributed by atoms with Crippen LogP contribution in [-0.2, 0) is 11.3 Å². The van der Waals surface area contributed by atoms with E-state index in [2.05, 4.69) is 15.0 Å². The Morgan fingerprint density at radius 3 is 2.76 bits per heavy atom. The molecule has 0 amide bonds. The summed E-state index contributed by atoms with van der Waals surface area (Å²) in [6.07, 6.45) is 0.916. The molecule has 5 heteroatoms. The van der Waals surface area contributed by atoms with Crippen molar-refractivity contribution in [1.82, 2.24) is 10.3 Å². The first-order valence-electron chi connectivity index (χ1n) is 6.94. The number of rotatable bonds is 8. The largest absolute Gasteiger partial charge is 0.494 e. The quantitative estimate of drug-likeness (QED) is 0.578. The Balaban J connectivity index is 1.59. The smallest absolute Gasteiger partial charge is 0.354 e. The fourth-order valence-electron chi connectivity index (χ4n) is 1.90. The van der Waals surface area contributed by atoms with Crippen molar-refractivity contribution in [1.29, 1.82) is 0 Å². The monoisotopic (exact) mass is 288 g/mol. The van der Waals surface area contributed by atoms with Gasteiger partial charge in [-0.25, -0.2) is 4.79 Å². The van der Waals surface area contributed by atoms with Gasteiger partial charge in [0, 0.05) is 12.2 Å². The summed E-state index contributed by atoms with van der Waals surface area (Å²) in [5.74, 6) is 0.544. The number of para-hydroxylation sites is 1. The zero-order valence-electron chi connectivity index (χ0n) is 12.1. The van der Waals surface area contributed by atoms with Crippen molar-refractivity contribution in [2.75, 3.05) is 20.3 Å². The average Bonchev–Trinajstić information content (AvgIpc) is 3.00. The van der Waals surface area contributed by atoms with Crippen LogP contribution in [0.2, 0.25) is 0 Å². The molecule has 0 aliphatic rings. The van der Waals surface area contributed by atoms with Crippen LogP contribution in [0.25, 0.3) is 0 Å². The third-order valence-corrected chi connectivity index (χ3v) is 2.98. The van der Waals surface area contributed by atoms with Gasteiger partial charge in [-0.15, -0.1) is 0 Å². The van der Waals surface area contributed by atoms with Gasteiger partial charge < -0.3 is 19.8 Å². The molecular weight excluding hydrogens is 268 g/mol. The second-order valence-corrected chi connectivity index (χ2v) is 4.58. The first kappa shape index (κ1) is 15.1. The van der Waals surface area contributed by atoms with E-state index in [4.69, 9.17) is 4.74 Å². The van der Waals surface area contributed by atoms with E-state index in [0.29, 0.717) is 18.8 Å². The number of nitrogens with one attached hydrogen (secondary N) is 2. The van der Waals surface area contributed by atoms with Gasteiger partial charge in [0.2, 0.25) is 0 Å². The first-order chi connectivity index (χ1) is 10.3. The highest BCUT2D eigenvalue weighted by Crippen LogP contribution is 2.08. The van der Waals surface area contributed by atoms with Crippen LogP contribution in [0, 0.1) is 0 Å². The van der Waals surface area contributed by atoms with E-state index in [0.717, 1.165) is 24.4 Å². The molecule has 0 saturated carbocycles. The van der Waals surface area contributed by atoms with Gasteiger partial charge in [0.15, 0.2) is 0 Å². The Morgan fingerprint density at radius 1 is 1.19 bits per heavy atom. The lowest BCUT2D eigenvalue weighted by Crippen LogP contribution is -2.17. The summed E-state index contributed by atoms with van der Waals surface area (Å²) in [7, 11) is 1.37. The zero-order valence-corrected chi connectivity index (χ0v) is 12.1. The van der Waals surface area contributed by atoms with Gasteiger partial charge in [0.25, 0.3) is 0 Å². The molecule has 0 spiro atoms. The highest BCUT2D eigenvalue weighted by molar-refractivity contribution is 5.87. The number of aromatic nitrogens is 1. The van der Waals surface area contributed by atoms with Crippen LogP contribution in [0.1, 0.15) is 22.6 Å². The number of hydrogen-bond donors (Lipinski definition) is 2. The molecule has 2 aromatic rings. The summed E-state index contributed by atoms with van der Waals surface area (Å²) in [6.45, 7) is 2.21. The molecule has 1 heterocycles. The predicted molar refractivity (Wildman–Crippen MR) is 80.4 cm³/mol. The topological polar surface area (TPSA) is 63.4 Å². The molecule has 1 aromatic heterocycles. The van der Waals surface area contributed by atoms with Crippen molar-refractivity contribution < 1.29 is 14.3 Å². The molecule has 5 nitrogen and oxygen atoms in total. The number of esters is 1. The van der Waals surface area contributed by atoms with E-state index in [1.807, 2.05) is 36.4 Å². The Bertz CT molecular complexity index is 552. The molecule has 0 aliphatic carbocycles. The van der Waals surface area contributed by atoms with Crippen LogP contribution in [0.4, 0.5) is 0 Å². The molecule has 2 rings (SSSR count). The number of aromatic amines is 1. The summed E-state index contributed by atoms with van der Waals surface area (Å²) in [4.78, 5) is 14.3. The number of carbonyl (C=O) groups is 1. The van der Waals surface area contributed by atoms with Crippen LogP contribution < -0.4 is 10.1 Å². The third kappa shape index (κ3) is 4.96. The van der Waals surface area contributed by atoms with Gasteiger partial charge in [0.1, 0.15) is 11.4 Å². The number of carbonyl (C=O) groups excluding carboxylic acids is 1. The van der Waals surface area contributed by atoms with Crippen molar-refractivity contribution in [3.05, 3.63) is 53.9 Å². The molecule has 0 atom stereocenters. The van der Waals surface area contributed by atoms with Crippen LogP contribution in [0.3, 0.4) is 0 Å². The van der Waals surface area contributed by atoms with E-state index < -0.39 is 0 Å². The molecule has 21 heavy (non-hydrogen) atoms. The zero-order chi connectivity index (χ0) is 14.9. The van der Waals surface area contributed by atoms with E-state index in [1.54, 1.807) is 6.07 Å². The van der Waals surface area contributed by atoms with Crippen molar-refractivity contribution in [3.8, 4) is 5.75 Å². The number of benzene rings is 1. The number of ether oxygens (including phenoxy) is 2. The molecule has 0 aliphatic heterocycles. The maximum absolute atomic E-state index is 11.3. The molecule has 0 radical (unpaired) electrons. The van der Waals surface area contributed by atoms with E-state index in [9.17, 15) is 4.79 Å². The summed E-state index contributed by atoms with van der Waals surface area (Å²) < 4.78 is 10.2. The SMILES string of the molecule is COC(=O)c1ccc(CNCCCOc2ccccc2)[nH]1. The van der Waals surface area contributed by atoms with Crippen molar-refractivity contribution in [3.63, 3.8) is 0 Å². The minimum Gasteiger partial charge on any atom is -0.494 e. The van der Waals surface area contributed by atoms with Crippen LogP contribution in [-0.4, -0.2) is 31.2 Å². The lowest BCUT2D eigenvalue weighted by atomic mass is 10.3. The fourth-order valence-corrected chi connectivity index (χ4v) is 1.90. The Kier molecular flexibility index (Phi) is 5.84. The van der Waals surface area contributed by atoms with Crippen molar-refractivity contribution >= 4 is 5.97 Å². The predicted octanol–water partition coefficient (Wildman–Crippen LogP) is 2.36. The van der Waals surface area contributed by atoms with Crippen molar-refractivity contribution in [2.24, 2.45) is 0 Å². The molecule has 0 unspecified atom stereocenters. The lowest BCUT2D eigenvalue weighted by Gasteiger charge is -2.06. The van der Waals surface area contributed by atoms with Gasteiger partial charge in [-0.2, -0.15) is 0 Å². The molecule has 0 fully saturated rings. The highest BCUT2D eigenvalue weighted by atomic mass is 16.5. The van der Waals surface area contributed by atoms with Crippen LogP contribution in [0.5, 0.6) is 5.75 Å². The summed E-state index contributed by atoms with van der Waals surface area (Å²) in [5.41, 5.74) is 1.43. The molecular formula is C16H20N2O3. The Hall–Kier alpha value is -2.27. The molecule has 2 N–H and O–H groups in total. The lowest BCUT2D eigenvalue weighted by molar-refractivity contribution is 0.0594. The fraction of sp³-hybridized carbons (Fsp3) is 0.312. The van der Waals surface area contributed by atoms with Crippen LogP contribution >= 0.6 is 0 Å². The maximum Gasteiger partial charge on any atom is 0.354 e. The number of methoxy groups -OCH3 is 1. The van der Waals surface area contributed by atoms with Gasteiger partial charge in [-0.3, -0.25) is 0 Å². The van der Waals surface area contributed by atoms with Crippen molar-refractivity contribution in [2.45, 2.75) is 13.0 Å². The summed E-state index contributed by atoms with van der Waals surface area (Å²) in [5, 5.41) is 3.29. The Morgan fingerprint density at radius 2 is 2.00 bits per heavy atom.